The predicted octanol–water partition coefficient (Wildman–Crippen LogP) is 5.45. The third kappa shape index (κ3) is 4.25. The molecule has 31 heavy (non-hydrogen) atoms. The van der Waals surface area contributed by atoms with Crippen molar-refractivity contribution in [3.8, 4) is 5.69 Å². The minimum atomic E-state index is -4.61. The molecule has 2 aromatic carbocycles. The maximum Gasteiger partial charge on any atom is 0.416 e. The molecule has 0 amide bonds. The van der Waals surface area contributed by atoms with Crippen LogP contribution >= 0.6 is 0 Å². The van der Waals surface area contributed by atoms with E-state index >= 15 is 0 Å². The van der Waals surface area contributed by atoms with Crippen LogP contribution in [-0.2, 0) is 23.8 Å². The first-order valence-electron chi connectivity index (χ1n) is 9.93. The van der Waals surface area contributed by atoms with Crippen molar-refractivity contribution >= 4 is 0 Å². The van der Waals surface area contributed by atoms with Crippen LogP contribution in [0.15, 0.2) is 55.1 Å². The normalized spacial score (nSPS) is 17.3. The first-order chi connectivity index (χ1) is 14.8. The zero-order valence-electron chi connectivity index (χ0n) is 16.9. The molecule has 0 fully saturated rings. The summed E-state index contributed by atoms with van der Waals surface area (Å²) >= 11 is 0. The summed E-state index contributed by atoms with van der Waals surface area (Å²) in [5.41, 5.74) is 0.743. The third-order valence-corrected chi connectivity index (χ3v) is 5.33. The van der Waals surface area contributed by atoms with Crippen molar-refractivity contribution in [2.75, 3.05) is 6.61 Å². The Labute approximate surface area is 177 Å². The summed E-state index contributed by atoms with van der Waals surface area (Å²) in [6.45, 7) is 6.10. The fraction of sp³-hybridized carbons (Fsp3) is 0.304. The Hall–Kier alpha value is -3.00. The van der Waals surface area contributed by atoms with Gasteiger partial charge >= 0.3 is 6.18 Å². The molecule has 0 radical (unpaired) electrons. The van der Waals surface area contributed by atoms with Gasteiger partial charge in [0, 0.05) is 6.42 Å². The summed E-state index contributed by atoms with van der Waals surface area (Å²) in [6.07, 6.45) is -2.39. The Balaban J connectivity index is 1.84. The van der Waals surface area contributed by atoms with Gasteiger partial charge in [0.2, 0.25) is 0 Å². The van der Waals surface area contributed by atoms with Gasteiger partial charge in [-0.25, -0.2) is 14.1 Å². The lowest BCUT2D eigenvalue weighted by atomic mass is 9.97. The number of rotatable bonds is 5. The molecule has 2 atom stereocenters. The lowest BCUT2D eigenvalue weighted by molar-refractivity contribution is -0.137. The molecule has 0 aliphatic carbocycles. The molecule has 1 aliphatic rings. The summed E-state index contributed by atoms with van der Waals surface area (Å²) in [5.74, 6) is -0.228. The van der Waals surface area contributed by atoms with Crippen LogP contribution in [0.3, 0.4) is 0 Å². The van der Waals surface area contributed by atoms with E-state index in [0.29, 0.717) is 24.9 Å². The Bertz CT molecular complexity index is 1110. The number of alkyl halides is 3. The van der Waals surface area contributed by atoms with Crippen molar-refractivity contribution in [3.05, 3.63) is 89.3 Å². The molecule has 8 heteroatoms. The van der Waals surface area contributed by atoms with Gasteiger partial charge in [-0.15, -0.1) is 11.7 Å². The number of allylic oxidation sites excluding steroid dienone is 1. The fourth-order valence-corrected chi connectivity index (χ4v) is 3.63. The molecule has 0 spiro atoms. The van der Waals surface area contributed by atoms with E-state index in [2.05, 4.69) is 16.7 Å². The topological polar surface area (TPSA) is 39.9 Å². The van der Waals surface area contributed by atoms with E-state index in [0.717, 1.165) is 34.4 Å². The first-order valence-corrected chi connectivity index (χ1v) is 9.93. The molecule has 0 bridgehead atoms. The van der Waals surface area contributed by atoms with Crippen LogP contribution in [-0.4, -0.2) is 21.4 Å². The largest absolute Gasteiger partial charge is 0.416 e. The second-order valence-electron chi connectivity index (χ2n) is 7.58. The van der Waals surface area contributed by atoms with Crippen molar-refractivity contribution in [2.45, 2.75) is 32.0 Å². The average Bonchev–Trinajstić information content (AvgIpc) is 3.15. The number of ether oxygens (including phenoxy) is 1. The molecular formula is C23H21F4N3O. The van der Waals surface area contributed by atoms with E-state index in [-0.39, 0.29) is 17.4 Å². The van der Waals surface area contributed by atoms with Crippen LogP contribution in [0.5, 0.6) is 0 Å². The summed E-state index contributed by atoms with van der Waals surface area (Å²) in [7, 11) is 0. The molecule has 4 nitrogen and oxygen atoms in total. The lowest BCUT2D eigenvalue weighted by Gasteiger charge is -2.23. The van der Waals surface area contributed by atoms with Gasteiger partial charge in [0.15, 0.2) is 5.82 Å². The number of aromatic nitrogens is 3. The van der Waals surface area contributed by atoms with E-state index in [4.69, 9.17) is 4.74 Å². The van der Waals surface area contributed by atoms with Gasteiger partial charge in [-0.05, 0) is 41.7 Å². The van der Waals surface area contributed by atoms with Crippen LogP contribution in [0.25, 0.3) is 5.69 Å². The number of halogens is 4. The van der Waals surface area contributed by atoms with Crippen LogP contribution in [0.1, 0.15) is 41.4 Å². The summed E-state index contributed by atoms with van der Waals surface area (Å²) in [4.78, 5) is 4.56. The van der Waals surface area contributed by atoms with Crippen molar-refractivity contribution in [2.24, 2.45) is 5.92 Å². The van der Waals surface area contributed by atoms with Gasteiger partial charge in [0.25, 0.3) is 0 Å². The lowest BCUT2D eigenvalue weighted by Crippen LogP contribution is -2.18. The van der Waals surface area contributed by atoms with Gasteiger partial charge in [-0.3, -0.25) is 0 Å². The number of hydrogen-bond acceptors (Lipinski definition) is 3. The number of hydrogen-bond donors (Lipinski definition) is 0. The predicted molar refractivity (Wildman–Crippen MR) is 107 cm³/mol. The molecule has 4 rings (SSSR count). The minimum Gasteiger partial charge on any atom is -0.365 e. The van der Waals surface area contributed by atoms with Gasteiger partial charge < -0.3 is 4.74 Å². The molecule has 0 N–H and O–H groups in total. The highest BCUT2D eigenvalue weighted by Gasteiger charge is 2.33. The molecule has 162 valence electrons. The number of fused-ring (bicyclic) bond motifs is 1. The highest BCUT2D eigenvalue weighted by atomic mass is 19.4. The second kappa shape index (κ2) is 8.26. The molecule has 2 heterocycles. The van der Waals surface area contributed by atoms with Crippen molar-refractivity contribution in [3.63, 3.8) is 0 Å². The molecule has 2 unspecified atom stereocenters. The van der Waals surface area contributed by atoms with Crippen molar-refractivity contribution in [1.29, 1.82) is 0 Å². The van der Waals surface area contributed by atoms with Gasteiger partial charge in [0.05, 0.1) is 12.2 Å². The fourth-order valence-electron chi connectivity index (χ4n) is 3.63. The minimum absolute atomic E-state index is 0.0378. The quantitative estimate of drug-likeness (QED) is 0.398. The number of benzene rings is 2. The van der Waals surface area contributed by atoms with Crippen LogP contribution in [0, 0.1) is 11.7 Å². The van der Waals surface area contributed by atoms with E-state index in [1.165, 1.54) is 0 Å². The van der Waals surface area contributed by atoms with Crippen molar-refractivity contribution in [1.82, 2.24) is 14.8 Å². The SMILES string of the molecule is C=CC(C)Cc1nc(C2OCCc3ccccc32)nn1-c1cc(C(F)(F)F)ccc1F. The van der Waals surface area contributed by atoms with E-state index in [1.807, 2.05) is 31.2 Å². The van der Waals surface area contributed by atoms with Crippen LogP contribution < -0.4 is 0 Å². The maximum atomic E-state index is 14.6. The second-order valence-corrected chi connectivity index (χ2v) is 7.58. The highest BCUT2D eigenvalue weighted by molar-refractivity contribution is 5.40. The summed E-state index contributed by atoms with van der Waals surface area (Å²) in [5, 5.41) is 4.41. The first kappa shape index (κ1) is 21.2. The van der Waals surface area contributed by atoms with Gasteiger partial charge in [-0.2, -0.15) is 13.2 Å². The smallest absolute Gasteiger partial charge is 0.365 e. The van der Waals surface area contributed by atoms with Gasteiger partial charge in [0.1, 0.15) is 23.4 Å². The highest BCUT2D eigenvalue weighted by Crippen LogP contribution is 2.34. The Kier molecular flexibility index (Phi) is 5.66. The molecule has 0 saturated heterocycles. The molecule has 3 aromatic rings. The zero-order chi connectivity index (χ0) is 22.2. The average molecular weight is 431 g/mol. The standard InChI is InChI=1S/C23H21F4N3O/c1-3-14(2)12-20-28-22(21-17-7-5-4-6-15(17)10-11-31-21)29-30(20)19-13-16(23(25,26)27)8-9-18(19)24/h3-9,13-14,21H,1,10-12H2,2H3. The summed E-state index contributed by atoms with van der Waals surface area (Å²) in [6, 6.07) is 9.99. The zero-order valence-corrected chi connectivity index (χ0v) is 16.9. The Morgan fingerprint density at radius 1 is 1.26 bits per heavy atom. The monoisotopic (exact) mass is 431 g/mol. The van der Waals surface area contributed by atoms with Crippen molar-refractivity contribution < 1.29 is 22.3 Å². The van der Waals surface area contributed by atoms with Crippen LogP contribution in [0.4, 0.5) is 17.6 Å². The summed E-state index contributed by atoms with van der Waals surface area (Å²) < 4.78 is 61.4. The molecular weight excluding hydrogens is 410 g/mol. The Morgan fingerprint density at radius 3 is 2.77 bits per heavy atom. The molecule has 1 aliphatic heterocycles. The van der Waals surface area contributed by atoms with E-state index in [9.17, 15) is 17.6 Å². The third-order valence-electron chi connectivity index (χ3n) is 5.33. The van der Waals surface area contributed by atoms with Gasteiger partial charge in [-0.1, -0.05) is 37.3 Å². The molecule has 0 saturated carbocycles. The van der Waals surface area contributed by atoms with Crippen LogP contribution in [0.2, 0.25) is 0 Å². The Morgan fingerprint density at radius 2 is 2.03 bits per heavy atom. The van der Waals surface area contributed by atoms with E-state index < -0.39 is 23.7 Å². The number of nitrogens with zero attached hydrogens (tertiary/aromatic N) is 3. The van der Waals surface area contributed by atoms with E-state index in [1.54, 1.807) is 6.08 Å². The molecule has 1 aromatic heterocycles. The maximum absolute atomic E-state index is 14.6.